The van der Waals surface area contributed by atoms with Gasteiger partial charge in [0, 0.05) is 30.9 Å². The lowest BCUT2D eigenvalue weighted by atomic mass is 10.0. The molecule has 1 atom stereocenters. The van der Waals surface area contributed by atoms with Crippen LogP contribution in [0.4, 0.5) is 24.5 Å². The quantitative estimate of drug-likeness (QED) is 0.268. The van der Waals surface area contributed by atoms with Gasteiger partial charge in [0.2, 0.25) is 0 Å². The summed E-state index contributed by atoms with van der Waals surface area (Å²) >= 11 is 0. The van der Waals surface area contributed by atoms with E-state index in [4.69, 9.17) is 5.21 Å². The first-order chi connectivity index (χ1) is 17.1. The molecule has 0 saturated carbocycles. The van der Waals surface area contributed by atoms with Gasteiger partial charge in [-0.1, -0.05) is 11.2 Å². The molecule has 2 aromatic carbocycles. The third-order valence-corrected chi connectivity index (χ3v) is 5.92. The number of nitrogens with zero attached hydrogens (tertiary/aromatic N) is 4. The number of aliphatic hydroxyl groups is 1. The molecule has 0 aliphatic carbocycles. The van der Waals surface area contributed by atoms with Crippen LogP contribution in [0.3, 0.4) is 0 Å². The normalized spacial score (nSPS) is 16.2. The van der Waals surface area contributed by atoms with Gasteiger partial charge < -0.3 is 20.5 Å². The summed E-state index contributed by atoms with van der Waals surface area (Å²) in [6.45, 7) is 4.72. The molecule has 4 rings (SSSR count). The van der Waals surface area contributed by atoms with Crippen molar-refractivity contribution in [2.75, 3.05) is 29.9 Å². The van der Waals surface area contributed by atoms with E-state index in [0.717, 1.165) is 16.3 Å². The standard InChI is InChI=1S/C25H26F3N5O3/c1-3-29-22-12-21(17-9-15(2)8-16(10-17)13-30-36)31-33(24(22)35)23-11-18(32-7-6-19(34)14-32)4-5-20(23)25(26,27)28/h4-5,8-13,19,29,34,36H,3,6-7,14H2,1-2H3/t19-/m0/s1. The maximum absolute atomic E-state index is 14.0. The van der Waals surface area contributed by atoms with Gasteiger partial charge in [-0.15, -0.1) is 0 Å². The average Bonchev–Trinajstić information content (AvgIpc) is 3.25. The lowest BCUT2D eigenvalue weighted by Crippen LogP contribution is -2.28. The molecule has 8 nitrogen and oxygen atoms in total. The van der Waals surface area contributed by atoms with Gasteiger partial charge >= 0.3 is 6.18 Å². The smallest absolute Gasteiger partial charge is 0.411 e. The van der Waals surface area contributed by atoms with Gasteiger partial charge in [0.05, 0.1) is 29.3 Å². The van der Waals surface area contributed by atoms with Crippen LogP contribution in [0.5, 0.6) is 0 Å². The molecule has 0 spiro atoms. The highest BCUT2D eigenvalue weighted by molar-refractivity contribution is 5.82. The number of rotatable bonds is 6. The van der Waals surface area contributed by atoms with Crippen LogP contribution in [0.1, 0.15) is 30.0 Å². The summed E-state index contributed by atoms with van der Waals surface area (Å²) in [6.07, 6.45) is -3.57. The van der Waals surface area contributed by atoms with Crippen molar-refractivity contribution in [2.45, 2.75) is 32.5 Å². The fourth-order valence-electron chi connectivity index (χ4n) is 4.33. The van der Waals surface area contributed by atoms with Gasteiger partial charge in [-0.3, -0.25) is 4.79 Å². The molecule has 0 bridgehead atoms. The van der Waals surface area contributed by atoms with E-state index in [1.807, 2.05) is 6.92 Å². The average molecular weight is 502 g/mol. The fraction of sp³-hybridized carbons (Fsp3) is 0.320. The van der Waals surface area contributed by atoms with Crippen molar-refractivity contribution in [3.63, 3.8) is 0 Å². The third kappa shape index (κ3) is 5.20. The first-order valence-corrected chi connectivity index (χ1v) is 11.4. The van der Waals surface area contributed by atoms with E-state index in [0.29, 0.717) is 36.3 Å². The fourth-order valence-corrected chi connectivity index (χ4v) is 4.33. The van der Waals surface area contributed by atoms with Crippen LogP contribution in [0.2, 0.25) is 0 Å². The number of aryl methyl sites for hydroxylation is 1. The molecule has 1 aromatic heterocycles. The summed E-state index contributed by atoms with van der Waals surface area (Å²) in [5.74, 6) is 0. The van der Waals surface area contributed by atoms with Crippen molar-refractivity contribution in [1.29, 1.82) is 0 Å². The molecule has 1 fully saturated rings. The number of alkyl halides is 3. The number of anilines is 2. The second-order valence-corrected chi connectivity index (χ2v) is 8.66. The molecule has 0 radical (unpaired) electrons. The molecule has 3 N–H and O–H groups in total. The Hall–Kier alpha value is -3.86. The molecule has 3 aromatic rings. The molecule has 1 aliphatic rings. The Balaban J connectivity index is 1.96. The lowest BCUT2D eigenvalue weighted by Gasteiger charge is -2.22. The third-order valence-electron chi connectivity index (χ3n) is 5.92. The van der Waals surface area contributed by atoms with Crippen molar-refractivity contribution in [3.8, 4) is 16.9 Å². The lowest BCUT2D eigenvalue weighted by molar-refractivity contribution is -0.137. The van der Waals surface area contributed by atoms with E-state index in [2.05, 4.69) is 15.6 Å². The van der Waals surface area contributed by atoms with E-state index in [1.165, 1.54) is 24.4 Å². The Bertz CT molecular complexity index is 1350. The number of hydrogen-bond donors (Lipinski definition) is 3. The monoisotopic (exact) mass is 501 g/mol. The molecule has 1 saturated heterocycles. The minimum atomic E-state index is -4.73. The van der Waals surface area contributed by atoms with E-state index < -0.39 is 29.1 Å². The minimum absolute atomic E-state index is 0.0940. The highest BCUT2D eigenvalue weighted by Crippen LogP contribution is 2.36. The molecular formula is C25H26F3N5O3. The first kappa shape index (κ1) is 25.2. The van der Waals surface area contributed by atoms with Crippen molar-refractivity contribution < 1.29 is 23.5 Å². The number of hydrogen-bond acceptors (Lipinski definition) is 7. The van der Waals surface area contributed by atoms with Gasteiger partial charge in [-0.25, -0.2) is 0 Å². The number of nitrogens with one attached hydrogen (secondary N) is 1. The second-order valence-electron chi connectivity index (χ2n) is 8.66. The molecular weight excluding hydrogens is 475 g/mol. The number of aliphatic hydroxyl groups excluding tert-OH is 1. The Labute approximate surface area is 205 Å². The summed E-state index contributed by atoms with van der Waals surface area (Å²) in [6, 6.07) is 10.2. The second kappa shape index (κ2) is 10.0. The first-order valence-electron chi connectivity index (χ1n) is 11.4. The Morgan fingerprint density at radius 1 is 1.22 bits per heavy atom. The van der Waals surface area contributed by atoms with E-state index in [-0.39, 0.29) is 17.9 Å². The van der Waals surface area contributed by atoms with Crippen molar-refractivity contribution in [3.05, 3.63) is 69.5 Å². The number of benzene rings is 2. The Morgan fingerprint density at radius 2 is 2.00 bits per heavy atom. The Kier molecular flexibility index (Phi) is 7.02. The molecule has 1 aliphatic heterocycles. The summed E-state index contributed by atoms with van der Waals surface area (Å²) < 4.78 is 42.9. The molecule has 11 heteroatoms. The molecule has 190 valence electrons. The van der Waals surface area contributed by atoms with E-state index in [9.17, 15) is 23.1 Å². The number of β-amino-alcohol motifs (C(OH)–C–C–N with tert-alkyl or cyclic N) is 1. The molecule has 0 unspecified atom stereocenters. The van der Waals surface area contributed by atoms with Gasteiger partial charge in [0.1, 0.15) is 5.69 Å². The summed E-state index contributed by atoms with van der Waals surface area (Å²) in [5, 5.41) is 29.1. The number of oxime groups is 1. The maximum atomic E-state index is 14.0. The predicted octanol–water partition coefficient (Wildman–Crippen LogP) is 4.04. The highest BCUT2D eigenvalue weighted by atomic mass is 19.4. The zero-order chi connectivity index (χ0) is 26.0. The summed E-state index contributed by atoms with van der Waals surface area (Å²) in [5.41, 5.74) is 0.568. The van der Waals surface area contributed by atoms with E-state index >= 15 is 0 Å². The van der Waals surface area contributed by atoms with Crippen LogP contribution < -0.4 is 15.8 Å². The maximum Gasteiger partial charge on any atom is 0.418 e. The van der Waals surface area contributed by atoms with Gasteiger partial charge in [0.25, 0.3) is 5.56 Å². The SMILES string of the molecule is CCNc1cc(-c2cc(C)cc(C=NO)c2)nn(-c2cc(N3CC[C@H](O)C3)ccc2C(F)(F)F)c1=O. The summed E-state index contributed by atoms with van der Waals surface area (Å²) in [7, 11) is 0. The number of halogens is 3. The Morgan fingerprint density at radius 3 is 2.64 bits per heavy atom. The van der Waals surface area contributed by atoms with Gasteiger partial charge in [0.15, 0.2) is 0 Å². The molecule has 36 heavy (non-hydrogen) atoms. The summed E-state index contributed by atoms with van der Waals surface area (Å²) in [4.78, 5) is 15.1. The van der Waals surface area contributed by atoms with Gasteiger partial charge in [-0.05, 0) is 67.8 Å². The van der Waals surface area contributed by atoms with Crippen LogP contribution in [0.25, 0.3) is 16.9 Å². The molecule has 0 amide bonds. The van der Waals surface area contributed by atoms with Crippen molar-refractivity contribution in [1.82, 2.24) is 9.78 Å². The van der Waals surface area contributed by atoms with Gasteiger partial charge in [-0.2, -0.15) is 23.0 Å². The minimum Gasteiger partial charge on any atom is -0.411 e. The van der Waals surface area contributed by atoms with Crippen LogP contribution in [0.15, 0.2) is 52.4 Å². The topological polar surface area (TPSA) is 103 Å². The molecule has 2 heterocycles. The van der Waals surface area contributed by atoms with Crippen LogP contribution in [0, 0.1) is 6.92 Å². The predicted molar refractivity (Wildman–Crippen MR) is 131 cm³/mol. The van der Waals surface area contributed by atoms with E-state index in [1.54, 1.807) is 30.0 Å². The van der Waals surface area contributed by atoms with Crippen molar-refractivity contribution >= 4 is 17.6 Å². The van der Waals surface area contributed by atoms with Crippen LogP contribution in [-0.2, 0) is 6.18 Å². The van der Waals surface area contributed by atoms with Crippen molar-refractivity contribution in [2.24, 2.45) is 5.16 Å². The zero-order valence-electron chi connectivity index (χ0n) is 19.8. The zero-order valence-corrected chi connectivity index (χ0v) is 19.8. The number of aromatic nitrogens is 2. The highest BCUT2D eigenvalue weighted by Gasteiger charge is 2.35. The van der Waals surface area contributed by atoms with Crippen LogP contribution in [-0.4, -0.2) is 52.0 Å². The van der Waals surface area contributed by atoms with Crippen LogP contribution >= 0.6 is 0 Å². The largest absolute Gasteiger partial charge is 0.418 e.